The molecule has 148 valence electrons. The number of fused-ring (bicyclic) bond motifs is 1. The lowest BCUT2D eigenvalue weighted by Crippen LogP contribution is -2.38. The zero-order chi connectivity index (χ0) is 19.7. The van der Waals surface area contributed by atoms with Gasteiger partial charge in [0.1, 0.15) is 0 Å². The van der Waals surface area contributed by atoms with Crippen LogP contribution in [0.2, 0.25) is 0 Å². The number of nitrogens with zero attached hydrogens (tertiary/aromatic N) is 2. The van der Waals surface area contributed by atoms with Crippen LogP contribution in [0.25, 0.3) is 0 Å². The fourth-order valence-electron chi connectivity index (χ4n) is 4.01. The lowest BCUT2D eigenvalue weighted by Gasteiger charge is -2.30. The number of carbonyl (C=O) groups is 1. The van der Waals surface area contributed by atoms with E-state index in [1.165, 1.54) is 10.4 Å². The van der Waals surface area contributed by atoms with Crippen LogP contribution < -0.4 is 9.62 Å². The number of sulfonamides is 1. The summed E-state index contributed by atoms with van der Waals surface area (Å²) in [5, 5.41) is 3.25. The number of aryl methyl sites for hydroxylation is 1. The van der Waals surface area contributed by atoms with Crippen molar-refractivity contribution in [1.29, 1.82) is 0 Å². The van der Waals surface area contributed by atoms with Crippen LogP contribution in [-0.2, 0) is 16.4 Å². The van der Waals surface area contributed by atoms with Crippen molar-refractivity contribution in [2.75, 3.05) is 31.0 Å². The molecular formula is C21H25N3O3S. The molecule has 0 bridgehead atoms. The lowest BCUT2D eigenvalue weighted by molar-refractivity contribution is 0.0743. The molecule has 4 rings (SSSR count). The molecule has 2 aromatic carbocycles. The van der Waals surface area contributed by atoms with Crippen LogP contribution in [0.5, 0.6) is 0 Å². The average molecular weight is 400 g/mol. The van der Waals surface area contributed by atoms with Gasteiger partial charge in [-0.15, -0.1) is 0 Å². The summed E-state index contributed by atoms with van der Waals surface area (Å²) in [6.45, 7) is 2.11. The van der Waals surface area contributed by atoms with Gasteiger partial charge in [-0.1, -0.05) is 24.3 Å². The maximum Gasteiger partial charge on any atom is 0.264 e. The highest BCUT2D eigenvalue weighted by molar-refractivity contribution is 7.92. The molecule has 6 nitrogen and oxygen atoms in total. The van der Waals surface area contributed by atoms with Crippen molar-refractivity contribution in [3.8, 4) is 0 Å². The number of hydrogen-bond acceptors (Lipinski definition) is 4. The largest absolute Gasteiger partial charge is 0.337 e. The Bertz CT molecular complexity index is 984. The number of likely N-dealkylation sites (N-methyl/N-ethyl adjacent to an activating group) is 1. The minimum absolute atomic E-state index is 0.140. The SMILES string of the molecule is CN(C(=O)c1cccc(S(=O)(=O)N2CCCc3ccccc32)c1)C1CCNC1. The maximum atomic E-state index is 13.3. The standard InChI is InChI=1S/C21H25N3O3S/c1-23(18-11-12-22-15-18)21(25)17-7-4-9-19(14-17)28(26,27)24-13-5-8-16-6-2-3-10-20(16)24/h2-4,6-7,9-10,14,18,22H,5,8,11-13,15H2,1H3. The van der Waals surface area contributed by atoms with Gasteiger partial charge in [-0.25, -0.2) is 8.42 Å². The molecule has 0 aromatic heterocycles. The molecule has 1 amide bonds. The zero-order valence-corrected chi connectivity index (χ0v) is 16.8. The van der Waals surface area contributed by atoms with Crippen molar-refractivity contribution >= 4 is 21.6 Å². The van der Waals surface area contributed by atoms with E-state index in [0.29, 0.717) is 12.1 Å². The van der Waals surface area contributed by atoms with Crippen molar-refractivity contribution in [3.63, 3.8) is 0 Å². The first kappa shape index (κ1) is 19.0. The molecule has 2 aromatic rings. The molecular weight excluding hydrogens is 374 g/mol. The fraction of sp³-hybridized carbons (Fsp3) is 0.381. The Morgan fingerprint density at radius 2 is 2.00 bits per heavy atom. The van der Waals surface area contributed by atoms with Crippen LogP contribution >= 0.6 is 0 Å². The Kier molecular flexibility index (Phi) is 5.12. The van der Waals surface area contributed by atoms with Crippen LogP contribution in [0.1, 0.15) is 28.8 Å². The molecule has 1 unspecified atom stereocenters. The average Bonchev–Trinajstić information content (AvgIpc) is 3.27. The van der Waals surface area contributed by atoms with E-state index in [1.54, 1.807) is 30.1 Å². The van der Waals surface area contributed by atoms with Gasteiger partial charge in [0.05, 0.1) is 10.6 Å². The molecule has 2 aliphatic rings. The van der Waals surface area contributed by atoms with Crippen LogP contribution in [0.15, 0.2) is 53.4 Å². The quantitative estimate of drug-likeness (QED) is 0.856. The second kappa shape index (κ2) is 7.56. The topological polar surface area (TPSA) is 69.7 Å². The molecule has 1 N–H and O–H groups in total. The number of amides is 1. The van der Waals surface area contributed by atoms with E-state index in [9.17, 15) is 13.2 Å². The van der Waals surface area contributed by atoms with Gasteiger partial charge in [0, 0.05) is 31.7 Å². The van der Waals surface area contributed by atoms with Crippen molar-refractivity contribution < 1.29 is 13.2 Å². The fourth-order valence-corrected chi connectivity index (χ4v) is 5.59. The molecule has 0 radical (unpaired) electrons. The van der Waals surface area contributed by atoms with Crippen molar-refractivity contribution in [1.82, 2.24) is 10.2 Å². The van der Waals surface area contributed by atoms with Gasteiger partial charge in [-0.2, -0.15) is 0 Å². The summed E-state index contributed by atoms with van der Waals surface area (Å²) in [6, 6.07) is 14.2. The summed E-state index contributed by atoms with van der Waals surface area (Å²) in [7, 11) is -1.95. The summed E-state index contributed by atoms with van der Waals surface area (Å²) < 4.78 is 28.2. The number of rotatable bonds is 4. The monoisotopic (exact) mass is 399 g/mol. The van der Waals surface area contributed by atoms with Gasteiger partial charge < -0.3 is 10.2 Å². The molecule has 1 fully saturated rings. The van der Waals surface area contributed by atoms with Gasteiger partial charge in [-0.05, 0) is 55.6 Å². The highest BCUT2D eigenvalue weighted by Gasteiger charge is 2.30. The predicted molar refractivity (Wildman–Crippen MR) is 109 cm³/mol. The smallest absolute Gasteiger partial charge is 0.264 e. The van der Waals surface area contributed by atoms with E-state index in [1.807, 2.05) is 24.3 Å². The van der Waals surface area contributed by atoms with E-state index in [2.05, 4.69) is 5.32 Å². The van der Waals surface area contributed by atoms with Crippen LogP contribution in [-0.4, -0.2) is 51.9 Å². The number of nitrogens with one attached hydrogen (secondary N) is 1. The maximum absolute atomic E-state index is 13.3. The number of hydrogen-bond donors (Lipinski definition) is 1. The molecule has 2 heterocycles. The van der Waals surface area contributed by atoms with E-state index in [-0.39, 0.29) is 16.8 Å². The molecule has 0 aliphatic carbocycles. The third-order valence-corrected chi connectivity index (χ3v) is 7.45. The van der Waals surface area contributed by atoms with Gasteiger partial charge in [0.25, 0.3) is 15.9 Å². The van der Waals surface area contributed by atoms with Crippen molar-refractivity contribution in [2.45, 2.75) is 30.2 Å². The van der Waals surface area contributed by atoms with Gasteiger partial charge in [0.2, 0.25) is 0 Å². The molecule has 1 saturated heterocycles. The van der Waals surface area contributed by atoms with Crippen LogP contribution in [0.3, 0.4) is 0 Å². The molecule has 7 heteroatoms. The Labute approximate surface area is 166 Å². The number of carbonyl (C=O) groups excluding carboxylic acids is 1. The molecule has 1 atom stereocenters. The summed E-state index contributed by atoms with van der Waals surface area (Å²) in [5.41, 5.74) is 2.18. The summed E-state index contributed by atoms with van der Waals surface area (Å²) in [6.07, 6.45) is 2.57. The van der Waals surface area contributed by atoms with Gasteiger partial charge >= 0.3 is 0 Å². The van der Waals surface area contributed by atoms with E-state index in [0.717, 1.165) is 43.6 Å². The third kappa shape index (κ3) is 3.40. The lowest BCUT2D eigenvalue weighted by atomic mass is 10.0. The Balaban J connectivity index is 1.65. The van der Waals surface area contributed by atoms with Gasteiger partial charge in [-0.3, -0.25) is 9.10 Å². The normalized spacial score (nSPS) is 19.3. The summed E-state index contributed by atoms with van der Waals surface area (Å²) >= 11 is 0. The first-order chi connectivity index (χ1) is 13.5. The van der Waals surface area contributed by atoms with Crippen molar-refractivity contribution in [3.05, 3.63) is 59.7 Å². The van der Waals surface area contributed by atoms with Crippen LogP contribution in [0, 0.1) is 0 Å². The van der Waals surface area contributed by atoms with E-state index in [4.69, 9.17) is 0 Å². The second-order valence-corrected chi connectivity index (χ2v) is 9.26. The highest BCUT2D eigenvalue weighted by atomic mass is 32.2. The highest BCUT2D eigenvalue weighted by Crippen LogP contribution is 2.32. The van der Waals surface area contributed by atoms with E-state index < -0.39 is 10.0 Å². The van der Waals surface area contributed by atoms with Crippen LogP contribution in [0.4, 0.5) is 5.69 Å². The van der Waals surface area contributed by atoms with Crippen molar-refractivity contribution in [2.24, 2.45) is 0 Å². The Hall–Kier alpha value is -2.38. The Morgan fingerprint density at radius 3 is 2.79 bits per heavy atom. The second-order valence-electron chi connectivity index (χ2n) is 7.40. The minimum Gasteiger partial charge on any atom is -0.337 e. The predicted octanol–water partition coefficient (Wildman–Crippen LogP) is 2.26. The summed E-state index contributed by atoms with van der Waals surface area (Å²) in [4.78, 5) is 14.7. The molecule has 0 saturated carbocycles. The number of anilines is 1. The first-order valence-corrected chi connectivity index (χ1v) is 11.1. The number of para-hydroxylation sites is 1. The third-order valence-electron chi connectivity index (χ3n) is 5.64. The molecule has 0 spiro atoms. The first-order valence-electron chi connectivity index (χ1n) is 9.67. The zero-order valence-electron chi connectivity index (χ0n) is 16.0. The van der Waals surface area contributed by atoms with Gasteiger partial charge in [0.15, 0.2) is 0 Å². The number of benzene rings is 2. The Morgan fingerprint density at radius 1 is 1.18 bits per heavy atom. The van der Waals surface area contributed by atoms with E-state index >= 15 is 0 Å². The molecule has 28 heavy (non-hydrogen) atoms. The minimum atomic E-state index is -3.73. The molecule has 2 aliphatic heterocycles. The summed E-state index contributed by atoms with van der Waals surface area (Å²) in [5.74, 6) is -0.148.